The van der Waals surface area contributed by atoms with Crippen LogP contribution in [0, 0.1) is 6.20 Å². The number of pyridine rings is 1. The average molecular weight is 246 g/mol. The van der Waals surface area contributed by atoms with E-state index in [1.807, 2.05) is 0 Å². The molecule has 1 radical (unpaired) electrons. The van der Waals surface area contributed by atoms with Crippen molar-refractivity contribution in [3.63, 3.8) is 0 Å². The maximum absolute atomic E-state index is 12.3. The van der Waals surface area contributed by atoms with Crippen molar-refractivity contribution in [2.45, 2.75) is 6.18 Å². The third-order valence-electron chi connectivity index (χ3n) is 1.92. The molecule has 0 unspecified atom stereocenters. The van der Waals surface area contributed by atoms with Crippen molar-refractivity contribution in [3.05, 3.63) is 47.4 Å². The van der Waals surface area contributed by atoms with Crippen molar-refractivity contribution in [2.24, 2.45) is 0 Å². The van der Waals surface area contributed by atoms with Crippen molar-refractivity contribution >= 4 is 11.6 Å². The van der Waals surface area contributed by atoms with E-state index in [0.29, 0.717) is 0 Å². The first-order valence-corrected chi connectivity index (χ1v) is 4.64. The molecule has 0 bridgehead atoms. The molecule has 2 aromatic rings. The summed E-state index contributed by atoms with van der Waals surface area (Å²) >= 11 is 5.72. The Morgan fingerprint density at radius 2 is 2.12 bits per heavy atom. The number of halogens is 4. The molecule has 0 saturated heterocycles. The van der Waals surface area contributed by atoms with E-state index in [9.17, 15) is 13.2 Å². The van der Waals surface area contributed by atoms with Gasteiger partial charge in [0.25, 0.3) is 0 Å². The number of hydrogen-bond donors (Lipinski definition) is 0. The van der Waals surface area contributed by atoms with Crippen LogP contribution >= 0.6 is 11.6 Å². The number of aromatic nitrogens is 2. The minimum Gasteiger partial charge on any atom is -0.298 e. The molecule has 2 aromatic heterocycles. The molecule has 83 valence electrons. The lowest BCUT2D eigenvalue weighted by Crippen LogP contribution is -2.07. The highest BCUT2D eigenvalue weighted by Gasteiger charge is 2.31. The highest BCUT2D eigenvalue weighted by atomic mass is 35.5. The van der Waals surface area contributed by atoms with Crippen molar-refractivity contribution in [2.75, 3.05) is 0 Å². The van der Waals surface area contributed by atoms with Gasteiger partial charge in [-0.15, -0.1) is 0 Å². The smallest absolute Gasteiger partial charge is 0.298 e. The molecule has 0 aliphatic heterocycles. The Balaban J connectivity index is 2.46. The summed E-state index contributed by atoms with van der Waals surface area (Å²) in [6, 6.07) is 4.13. The fourth-order valence-electron chi connectivity index (χ4n) is 1.19. The molecule has 2 heterocycles. The van der Waals surface area contributed by atoms with Crippen LogP contribution in [0.1, 0.15) is 5.56 Å². The van der Waals surface area contributed by atoms with Crippen LogP contribution in [0.5, 0.6) is 0 Å². The summed E-state index contributed by atoms with van der Waals surface area (Å²) < 4.78 is 38.4. The van der Waals surface area contributed by atoms with Gasteiger partial charge in [-0.25, -0.2) is 4.98 Å². The molecular weight excluding hydrogens is 241 g/mol. The van der Waals surface area contributed by atoms with Gasteiger partial charge in [-0.1, -0.05) is 11.6 Å². The first-order chi connectivity index (χ1) is 7.48. The zero-order valence-electron chi connectivity index (χ0n) is 7.79. The third kappa shape index (κ3) is 2.04. The summed E-state index contributed by atoms with van der Waals surface area (Å²) in [5.74, 6) is 0.222. The van der Waals surface area contributed by atoms with E-state index < -0.39 is 11.7 Å². The lowest BCUT2D eigenvalue weighted by Gasteiger charge is -2.09. The fraction of sp³-hybridized carbons (Fsp3) is 0.100. The van der Waals surface area contributed by atoms with Crippen LogP contribution in [0.25, 0.3) is 5.82 Å². The lowest BCUT2D eigenvalue weighted by molar-refractivity contribution is -0.137. The van der Waals surface area contributed by atoms with Crippen LogP contribution in [0.15, 0.2) is 30.6 Å². The van der Waals surface area contributed by atoms with E-state index in [4.69, 9.17) is 11.6 Å². The van der Waals surface area contributed by atoms with E-state index in [1.54, 1.807) is 18.3 Å². The van der Waals surface area contributed by atoms with Gasteiger partial charge in [0.15, 0.2) is 5.82 Å². The second-order valence-electron chi connectivity index (χ2n) is 3.03. The number of rotatable bonds is 1. The summed E-state index contributed by atoms with van der Waals surface area (Å²) in [6.45, 7) is 0. The molecule has 0 fully saturated rings. The van der Waals surface area contributed by atoms with E-state index in [1.165, 1.54) is 4.57 Å². The second kappa shape index (κ2) is 3.83. The van der Waals surface area contributed by atoms with Gasteiger partial charge >= 0.3 is 6.18 Å². The van der Waals surface area contributed by atoms with Gasteiger partial charge < -0.3 is 0 Å². The number of alkyl halides is 3. The predicted octanol–water partition coefficient (Wildman–Crippen LogP) is 3.34. The fourth-order valence-corrected chi connectivity index (χ4v) is 1.45. The first kappa shape index (κ1) is 11.0. The van der Waals surface area contributed by atoms with E-state index in [2.05, 4.69) is 11.2 Å². The Bertz CT molecular complexity index is 491. The molecule has 0 aromatic carbocycles. The van der Waals surface area contributed by atoms with Crippen LogP contribution in [-0.2, 0) is 6.18 Å². The first-order valence-electron chi connectivity index (χ1n) is 4.26. The zero-order valence-corrected chi connectivity index (χ0v) is 8.55. The highest BCUT2D eigenvalue weighted by Crippen LogP contribution is 2.31. The minimum atomic E-state index is -4.43. The largest absolute Gasteiger partial charge is 0.417 e. The summed E-state index contributed by atoms with van der Waals surface area (Å²) in [5, 5.41) is -0.0673. The molecule has 2 rings (SSSR count). The topological polar surface area (TPSA) is 17.8 Å². The molecule has 0 N–H and O–H groups in total. The molecular formula is C10H5ClF3N2. The van der Waals surface area contributed by atoms with Crippen LogP contribution in [0.4, 0.5) is 13.2 Å². The normalized spacial score (nSPS) is 11.8. The lowest BCUT2D eigenvalue weighted by atomic mass is 10.3. The van der Waals surface area contributed by atoms with E-state index >= 15 is 0 Å². The summed E-state index contributed by atoms with van der Waals surface area (Å²) in [7, 11) is 0. The van der Waals surface area contributed by atoms with Gasteiger partial charge in [-0.3, -0.25) is 4.57 Å². The van der Waals surface area contributed by atoms with Crippen LogP contribution in [-0.4, -0.2) is 9.55 Å². The van der Waals surface area contributed by atoms with Crippen LogP contribution in [0.2, 0.25) is 5.02 Å². The molecule has 6 heteroatoms. The van der Waals surface area contributed by atoms with E-state index in [0.717, 1.165) is 12.3 Å². The Labute approximate surface area is 94.3 Å². The zero-order chi connectivity index (χ0) is 11.8. The molecule has 0 amide bonds. The predicted molar refractivity (Wildman–Crippen MR) is 52.4 cm³/mol. The maximum atomic E-state index is 12.3. The van der Waals surface area contributed by atoms with Crippen LogP contribution < -0.4 is 0 Å². The van der Waals surface area contributed by atoms with E-state index in [-0.39, 0.29) is 10.8 Å². The Hall–Kier alpha value is -1.49. The monoisotopic (exact) mass is 245 g/mol. The van der Waals surface area contributed by atoms with Gasteiger partial charge in [-0.2, -0.15) is 13.2 Å². The minimum absolute atomic E-state index is 0.0673. The van der Waals surface area contributed by atoms with Gasteiger partial charge in [0.2, 0.25) is 0 Å². The van der Waals surface area contributed by atoms with Gasteiger partial charge in [0.1, 0.15) is 0 Å². The van der Waals surface area contributed by atoms with Crippen molar-refractivity contribution in [3.8, 4) is 5.82 Å². The number of nitrogens with zero attached hydrogens (tertiary/aromatic N) is 2. The standard InChI is InChI=1S/C10H5ClF3N2/c11-8-5-7(10(12,13)14)6-15-9(8)16-3-1-2-4-16/h1-3,5-6H. The van der Waals surface area contributed by atoms with Gasteiger partial charge in [0, 0.05) is 12.4 Å². The van der Waals surface area contributed by atoms with Gasteiger partial charge in [-0.05, 0) is 18.2 Å². The molecule has 0 aliphatic carbocycles. The summed E-state index contributed by atoms with van der Waals surface area (Å²) in [5.41, 5.74) is -0.867. The Morgan fingerprint density at radius 3 is 2.62 bits per heavy atom. The third-order valence-corrected chi connectivity index (χ3v) is 2.20. The molecule has 0 aliphatic rings. The highest BCUT2D eigenvalue weighted by molar-refractivity contribution is 6.32. The molecule has 16 heavy (non-hydrogen) atoms. The molecule has 0 spiro atoms. The Morgan fingerprint density at radius 1 is 1.38 bits per heavy atom. The van der Waals surface area contributed by atoms with Gasteiger partial charge in [0.05, 0.1) is 16.8 Å². The van der Waals surface area contributed by atoms with Crippen molar-refractivity contribution < 1.29 is 13.2 Å². The SMILES string of the molecule is FC(F)(F)c1cnc(-n2[c]ccc2)c(Cl)c1. The second-order valence-corrected chi connectivity index (χ2v) is 3.44. The summed E-state index contributed by atoms with van der Waals surface area (Å²) in [4.78, 5) is 3.67. The van der Waals surface area contributed by atoms with Crippen molar-refractivity contribution in [1.82, 2.24) is 9.55 Å². The molecule has 2 nitrogen and oxygen atoms in total. The quantitative estimate of drug-likeness (QED) is 0.753. The average Bonchev–Trinajstić information content (AvgIpc) is 2.69. The number of hydrogen-bond acceptors (Lipinski definition) is 1. The van der Waals surface area contributed by atoms with Crippen molar-refractivity contribution in [1.29, 1.82) is 0 Å². The maximum Gasteiger partial charge on any atom is 0.417 e. The summed E-state index contributed by atoms with van der Waals surface area (Å²) in [6.07, 6.45) is 0.650. The Kier molecular flexibility index (Phi) is 2.63. The molecule has 0 atom stereocenters. The van der Waals surface area contributed by atoms with Crippen LogP contribution in [0.3, 0.4) is 0 Å². The molecule has 0 saturated carbocycles.